The number of carbonyl (C=O) groups excluding carboxylic acids is 5. The minimum Gasteiger partial charge on any atom is -0.494 e. The fourth-order valence-corrected chi connectivity index (χ4v) is 6.38. The van der Waals surface area contributed by atoms with E-state index < -0.39 is 17.9 Å². The molecule has 74 heavy (non-hydrogen) atoms. The lowest BCUT2D eigenvalue weighted by atomic mass is 10.0. The Hall–Kier alpha value is -8.26. The third-order valence-corrected chi connectivity index (χ3v) is 10.4. The maximum Gasteiger partial charge on any atom is 0.371 e. The van der Waals surface area contributed by atoms with Gasteiger partial charge in [-0.3, -0.25) is 9.59 Å². The minimum atomic E-state index is -0.827. The Balaban J connectivity index is 0.000000352. The quantitative estimate of drug-likeness (QED) is 0.00322. The van der Waals surface area contributed by atoms with Gasteiger partial charge in [0.05, 0.1) is 56.8 Å². The zero-order valence-corrected chi connectivity index (χ0v) is 41.7. The molecule has 16 heteroatoms. The molecule has 0 aliphatic carbocycles. The van der Waals surface area contributed by atoms with E-state index in [0.717, 1.165) is 61.5 Å². The van der Waals surface area contributed by atoms with Crippen molar-refractivity contribution in [2.75, 3.05) is 53.0 Å². The van der Waals surface area contributed by atoms with Gasteiger partial charge < -0.3 is 37.9 Å². The van der Waals surface area contributed by atoms with Crippen LogP contribution in [-0.2, 0) is 40.1 Å². The maximum absolute atomic E-state index is 12.7. The number of rotatable bonds is 34. The normalized spacial score (nSPS) is 10.3. The molecule has 0 unspecified atom stereocenters. The second-order valence-electron chi connectivity index (χ2n) is 16.1. The molecule has 0 radical (unpaired) electrons. The fraction of sp³-hybridized carbons (Fsp3) is 0.310. The van der Waals surface area contributed by atoms with Gasteiger partial charge in [0.25, 0.3) is 0 Å². The first-order valence-electron chi connectivity index (χ1n) is 24.2. The highest BCUT2D eigenvalue weighted by molar-refractivity contribution is 6.20. The van der Waals surface area contributed by atoms with Crippen LogP contribution in [0.4, 0.5) is 0 Å². The summed E-state index contributed by atoms with van der Waals surface area (Å²) in [4.78, 5) is 66.7. The number of unbranched alkanes of at least 4 members (excludes halogenated alkanes) is 5. The van der Waals surface area contributed by atoms with Gasteiger partial charge in [-0.2, -0.15) is 5.26 Å². The number of hydrogen-bond acceptors (Lipinski definition) is 16. The first kappa shape index (κ1) is 58.3. The molecule has 0 heterocycles. The van der Waals surface area contributed by atoms with Crippen molar-refractivity contribution >= 4 is 30.0 Å². The highest BCUT2D eigenvalue weighted by atomic mass is 17.2. The molecule has 390 valence electrons. The number of aldehydes is 1. The number of carbonyl (C=O) groups is 5. The summed E-state index contributed by atoms with van der Waals surface area (Å²) in [6.45, 7) is 11.8. The predicted octanol–water partition coefficient (Wildman–Crippen LogP) is 10.5. The highest BCUT2D eigenvalue weighted by Crippen LogP contribution is 2.26. The summed E-state index contributed by atoms with van der Waals surface area (Å²) in [5.41, 5.74) is 3.19. The number of nitriles is 1. The average Bonchev–Trinajstić information content (AvgIpc) is 3.42. The third kappa shape index (κ3) is 23.8. The molecule has 0 aromatic heterocycles. The number of benzene rings is 5. The molecular weight excluding hydrogens is 951 g/mol. The topological polar surface area (TPSA) is 201 Å². The van der Waals surface area contributed by atoms with E-state index in [-0.39, 0.29) is 31.9 Å². The van der Waals surface area contributed by atoms with Crippen molar-refractivity contribution in [2.45, 2.75) is 64.7 Å². The van der Waals surface area contributed by atoms with Gasteiger partial charge in [0, 0.05) is 18.1 Å². The molecule has 0 amide bonds. The molecule has 0 spiro atoms. The molecule has 0 N–H and O–H groups in total. The molecule has 5 aromatic rings. The van der Waals surface area contributed by atoms with Gasteiger partial charge in [-0.15, -0.1) is 6.58 Å². The Morgan fingerprint density at radius 1 is 0.541 bits per heavy atom. The molecule has 0 atom stereocenters. The summed E-state index contributed by atoms with van der Waals surface area (Å²) in [5.74, 6) is 1.98. The number of hydrogen-bond donors (Lipinski definition) is 0. The van der Waals surface area contributed by atoms with E-state index in [9.17, 15) is 24.0 Å². The molecule has 0 fully saturated rings. The van der Waals surface area contributed by atoms with Crippen molar-refractivity contribution in [1.82, 2.24) is 0 Å². The van der Waals surface area contributed by atoms with Crippen LogP contribution in [0.5, 0.6) is 34.5 Å². The van der Waals surface area contributed by atoms with Gasteiger partial charge >= 0.3 is 17.9 Å². The number of Topliss-reactive ketones (excluding diaryl/α,β-unsaturated/α-hetero) is 1. The number of esters is 3. The van der Waals surface area contributed by atoms with Crippen LogP contribution in [0.25, 0.3) is 0 Å². The van der Waals surface area contributed by atoms with Crippen molar-refractivity contribution in [3.8, 4) is 40.6 Å². The Labute approximate surface area is 432 Å². The highest BCUT2D eigenvalue weighted by Gasteiger charge is 2.13. The predicted molar refractivity (Wildman–Crippen MR) is 274 cm³/mol. The second kappa shape index (κ2) is 35.0. The van der Waals surface area contributed by atoms with E-state index in [4.69, 9.17) is 48.2 Å². The second-order valence-corrected chi connectivity index (χ2v) is 16.1. The van der Waals surface area contributed by atoms with Crippen molar-refractivity contribution in [3.05, 3.63) is 168 Å². The van der Waals surface area contributed by atoms with Crippen LogP contribution in [-0.4, -0.2) is 83.0 Å². The van der Waals surface area contributed by atoms with Gasteiger partial charge in [0.15, 0.2) is 5.78 Å². The number of nitrogens with zero attached hydrogens (tertiary/aromatic N) is 1. The lowest BCUT2D eigenvalue weighted by Crippen LogP contribution is -2.10. The van der Waals surface area contributed by atoms with Crippen molar-refractivity contribution in [1.29, 1.82) is 5.26 Å². The zero-order chi connectivity index (χ0) is 53.0. The Morgan fingerprint density at radius 3 is 1.58 bits per heavy atom. The average molecular weight is 1010 g/mol. The molecule has 5 aromatic carbocycles. The Kier molecular flexibility index (Phi) is 27.5. The van der Waals surface area contributed by atoms with Crippen molar-refractivity contribution in [2.24, 2.45) is 0 Å². The third-order valence-electron chi connectivity index (χ3n) is 10.4. The lowest BCUT2D eigenvalue weighted by Gasteiger charge is -2.12. The minimum absolute atomic E-state index is 0.00386. The van der Waals surface area contributed by atoms with E-state index in [2.05, 4.69) is 24.0 Å². The molecule has 0 saturated carbocycles. The zero-order valence-electron chi connectivity index (χ0n) is 41.7. The van der Waals surface area contributed by atoms with E-state index >= 15 is 0 Å². The summed E-state index contributed by atoms with van der Waals surface area (Å²) < 4.78 is 43.6. The van der Waals surface area contributed by atoms with Crippen molar-refractivity contribution < 1.29 is 71.6 Å². The smallest absolute Gasteiger partial charge is 0.371 e. The summed E-state index contributed by atoms with van der Waals surface area (Å²) in [6.07, 6.45) is 9.67. The summed E-state index contributed by atoms with van der Waals surface area (Å²) in [5, 5.41) is 8.81. The lowest BCUT2D eigenvalue weighted by molar-refractivity contribution is -0.286. The Morgan fingerprint density at radius 2 is 1.03 bits per heavy atom. The van der Waals surface area contributed by atoms with Gasteiger partial charge in [0.1, 0.15) is 41.1 Å². The number of aryl methyl sites for hydroxylation is 1. The monoisotopic (exact) mass is 1010 g/mol. The molecule has 0 aliphatic rings. The number of ketones is 1. The van der Waals surface area contributed by atoms with Crippen molar-refractivity contribution in [3.63, 3.8) is 0 Å². The molecule has 5 rings (SSSR count). The van der Waals surface area contributed by atoms with E-state index in [0.29, 0.717) is 97.9 Å². The van der Waals surface area contributed by atoms with Gasteiger partial charge in [-0.25, -0.2) is 24.2 Å². The fourth-order valence-electron chi connectivity index (χ4n) is 6.38. The van der Waals surface area contributed by atoms with Crippen LogP contribution in [0, 0.1) is 18.3 Å². The summed E-state index contributed by atoms with van der Waals surface area (Å²) >= 11 is 0. The van der Waals surface area contributed by atoms with Gasteiger partial charge in [-0.05, 0) is 173 Å². The Bertz CT molecular complexity index is 2540. The molecule has 0 aliphatic heterocycles. The molecule has 16 nitrogen and oxygen atoms in total. The molecule has 0 bridgehead atoms. The standard InChI is InChI=1S/C35H40O10.C23H23NO5/c1-4-20-43-44-24-9-8-22-39-30-14-16-31(17-15-30)41-26-42-32-18-19-33(27(3)25-32)45-35(37)28-10-12-29(13-11-28)38-21-6-7-23-40-34(36)5-2;24-16-19-7-5-18(6-8-19)15-22(26)20-9-11-21(12-10-20)28-13-3-1-2-4-14-29-23(27)17-25/h4-5,10-19,25H,1-2,6-9,20-24,26H2,3H3;5-12,17H,1-4,13-15H2. The van der Waals surface area contributed by atoms with E-state index in [1.165, 1.54) is 0 Å². The SMILES string of the molecule is C=CCOOCCCCOc1ccc(OCOc2ccc(OC(=O)c3ccc(OCCCCOC(=O)C=C)cc3)c(C)c2)cc1.N#Cc1ccc(CC(=O)c2ccc(OCCCCCCOC(=O)C=O)cc2)cc1. The summed E-state index contributed by atoms with van der Waals surface area (Å²) in [6, 6.07) is 35.3. The van der Waals surface area contributed by atoms with Gasteiger partial charge in [0.2, 0.25) is 13.1 Å². The van der Waals surface area contributed by atoms with Crippen LogP contribution >= 0.6 is 0 Å². The van der Waals surface area contributed by atoms with Gasteiger partial charge in [-0.1, -0.05) is 24.8 Å². The van der Waals surface area contributed by atoms with Crippen LogP contribution in [0.1, 0.15) is 88.8 Å². The number of ether oxygens (including phenoxy) is 8. The largest absolute Gasteiger partial charge is 0.494 e. The first-order chi connectivity index (χ1) is 36.1. The van der Waals surface area contributed by atoms with Crippen LogP contribution in [0.15, 0.2) is 141 Å². The van der Waals surface area contributed by atoms with Crippen LogP contribution < -0.4 is 28.4 Å². The van der Waals surface area contributed by atoms with Crippen LogP contribution in [0.3, 0.4) is 0 Å². The summed E-state index contributed by atoms with van der Waals surface area (Å²) in [7, 11) is 0. The van der Waals surface area contributed by atoms with E-state index in [1.54, 1.807) is 97.1 Å². The maximum atomic E-state index is 12.7. The molecule has 0 saturated heterocycles. The first-order valence-corrected chi connectivity index (χ1v) is 24.2. The van der Waals surface area contributed by atoms with E-state index in [1.807, 2.05) is 31.2 Å². The van der Waals surface area contributed by atoms with Crippen LogP contribution in [0.2, 0.25) is 0 Å². The molecular formula is C58H63NO15.